The molecule has 7 nitrogen and oxygen atoms in total. The summed E-state index contributed by atoms with van der Waals surface area (Å²) < 4.78 is 7.29. The predicted octanol–water partition coefficient (Wildman–Crippen LogP) is 3.16. The molecular formula is C22H19N5O2. The smallest absolute Gasteiger partial charge is 0.261 e. The molecule has 0 saturated carbocycles. The fourth-order valence-electron chi connectivity index (χ4n) is 2.78. The zero-order valence-electron chi connectivity index (χ0n) is 15.6. The van der Waals surface area contributed by atoms with E-state index in [4.69, 9.17) is 4.74 Å². The van der Waals surface area contributed by atoms with E-state index in [-0.39, 0.29) is 12.5 Å². The summed E-state index contributed by atoms with van der Waals surface area (Å²) >= 11 is 0. The minimum absolute atomic E-state index is 0.0458. The highest BCUT2D eigenvalue weighted by Gasteiger charge is 2.07. The largest absolute Gasteiger partial charge is 0.489 e. The van der Waals surface area contributed by atoms with E-state index >= 15 is 0 Å². The molecule has 1 heterocycles. The van der Waals surface area contributed by atoms with Crippen LogP contribution in [-0.4, -0.2) is 27.1 Å². The Hall–Kier alpha value is -4.00. The second-order valence-electron chi connectivity index (χ2n) is 6.37. The maximum Gasteiger partial charge on any atom is 0.261 e. The van der Waals surface area contributed by atoms with E-state index in [0.717, 1.165) is 27.9 Å². The van der Waals surface area contributed by atoms with Gasteiger partial charge >= 0.3 is 0 Å². The zero-order valence-corrected chi connectivity index (χ0v) is 15.6. The van der Waals surface area contributed by atoms with Crippen LogP contribution >= 0.6 is 0 Å². The maximum atomic E-state index is 12.1. The normalized spacial score (nSPS) is 11.0. The molecule has 7 heteroatoms. The van der Waals surface area contributed by atoms with Crippen LogP contribution in [0.25, 0.3) is 11.0 Å². The van der Waals surface area contributed by atoms with E-state index in [9.17, 15) is 4.79 Å². The number of aromatic nitrogens is 3. The minimum atomic E-state index is -0.278. The fourth-order valence-corrected chi connectivity index (χ4v) is 2.78. The Morgan fingerprint density at radius 3 is 2.59 bits per heavy atom. The standard InChI is InChI=1S/C22H19N5O2/c28-22(15-27-21-9-5-4-8-20(21)24-26-27)25-23-14-17-10-12-19(13-11-17)29-16-18-6-2-1-3-7-18/h1-14H,15-16H2,(H,25,28)/b23-14+. The van der Waals surface area contributed by atoms with Gasteiger partial charge in [0.05, 0.1) is 11.7 Å². The van der Waals surface area contributed by atoms with Gasteiger partial charge in [0.1, 0.15) is 24.4 Å². The van der Waals surface area contributed by atoms with Crippen molar-refractivity contribution >= 4 is 23.2 Å². The van der Waals surface area contributed by atoms with E-state index in [0.29, 0.717) is 6.61 Å². The summed E-state index contributed by atoms with van der Waals surface area (Å²) in [5.74, 6) is 0.493. The van der Waals surface area contributed by atoms with Crippen molar-refractivity contribution in [2.45, 2.75) is 13.2 Å². The number of hydrogen-bond acceptors (Lipinski definition) is 5. The summed E-state index contributed by atoms with van der Waals surface area (Å²) in [5, 5.41) is 12.0. The summed E-state index contributed by atoms with van der Waals surface area (Å²) in [7, 11) is 0. The van der Waals surface area contributed by atoms with Crippen LogP contribution in [0.2, 0.25) is 0 Å². The Kier molecular flexibility index (Phi) is 5.57. The SMILES string of the molecule is O=C(Cn1nnc2ccccc21)N/N=C/c1ccc(OCc2ccccc2)cc1. The van der Waals surface area contributed by atoms with Crippen molar-refractivity contribution in [2.24, 2.45) is 5.10 Å². The number of fused-ring (bicyclic) bond motifs is 1. The van der Waals surface area contributed by atoms with Gasteiger partial charge in [0.25, 0.3) is 5.91 Å². The number of carbonyl (C=O) groups excluding carboxylic acids is 1. The Morgan fingerprint density at radius 1 is 1.00 bits per heavy atom. The molecule has 0 unspecified atom stereocenters. The molecule has 0 radical (unpaired) electrons. The van der Waals surface area contributed by atoms with Crippen LogP contribution < -0.4 is 10.2 Å². The van der Waals surface area contributed by atoms with Crippen molar-refractivity contribution in [3.05, 3.63) is 90.0 Å². The van der Waals surface area contributed by atoms with Crippen LogP contribution in [0.15, 0.2) is 84.0 Å². The van der Waals surface area contributed by atoms with Crippen LogP contribution in [0.5, 0.6) is 5.75 Å². The van der Waals surface area contributed by atoms with E-state index in [1.165, 1.54) is 0 Å². The molecule has 0 spiro atoms. The van der Waals surface area contributed by atoms with Crippen molar-refractivity contribution in [1.82, 2.24) is 20.4 Å². The first-order valence-corrected chi connectivity index (χ1v) is 9.15. The Morgan fingerprint density at radius 2 is 1.76 bits per heavy atom. The van der Waals surface area contributed by atoms with E-state index < -0.39 is 0 Å². The lowest BCUT2D eigenvalue weighted by Gasteiger charge is -2.06. The summed E-state index contributed by atoms with van der Waals surface area (Å²) in [6.07, 6.45) is 1.58. The molecule has 1 aromatic heterocycles. The van der Waals surface area contributed by atoms with Gasteiger partial charge in [-0.2, -0.15) is 5.10 Å². The third kappa shape index (κ3) is 4.84. The Bertz CT molecular complexity index is 1120. The first kappa shape index (κ1) is 18.4. The highest BCUT2D eigenvalue weighted by atomic mass is 16.5. The van der Waals surface area contributed by atoms with Crippen LogP contribution in [0.4, 0.5) is 0 Å². The maximum absolute atomic E-state index is 12.1. The first-order valence-electron chi connectivity index (χ1n) is 9.15. The van der Waals surface area contributed by atoms with Gasteiger partial charge in [-0.25, -0.2) is 10.1 Å². The molecule has 0 saturated heterocycles. The fraction of sp³-hybridized carbons (Fsp3) is 0.0909. The average molecular weight is 385 g/mol. The molecule has 0 atom stereocenters. The summed E-state index contributed by atoms with van der Waals surface area (Å²) in [6.45, 7) is 0.561. The number of hydrogen-bond donors (Lipinski definition) is 1. The van der Waals surface area contributed by atoms with Gasteiger partial charge in [-0.3, -0.25) is 4.79 Å². The number of benzene rings is 3. The molecule has 4 aromatic rings. The lowest BCUT2D eigenvalue weighted by atomic mass is 10.2. The lowest BCUT2D eigenvalue weighted by Crippen LogP contribution is -2.23. The summed E-state index contributed by atoms with van der Waals surface area (Å²) in [5.41, 5.74) is 6.02. The van der Waals surface area contributed by atoms with Crippen LogP contribution in [0.1, 0.15) is 11.1 Å². The van der Waals surface area contributed by atoms with Crippen LogP contribution in [0, 0.1) is 0 Å². The zero-order chi connectivity index (χ0) is 19.9. The number of carbonyl (C=O) groups is 1. The third-order valence-electron chi connectivity index (χ3n) is 4.24. The topological polar surface area (TPSA) is 81.4 Å². The van der Waals surface area contributed by atoms with Crippen molar-refractivity contribution < 1.29 is 9.53 Å². The lowest BCUT2D eigenvalue weighted by molar-refractivity contribution is -0.121. The Balaban J connectivity index is 1.28. The van der Waals surface area contributed by atoms with Gasteiger partial charge in [-0.05, 0) is 47.5 Å². The Labute approximate surface area is 167 Å². The quantitative estimate of drug-likeness (QED) is 0.391. The molecular weight excluding hydrogens is 366 g/mol. The molecule has 0 aliphatic heterocycles. The molecule has 4 rings (SSSR count). The molecule has 0 fully saturated rings. The van der Waals surface area contributed by atoms with Crippen LogP contribution in [0.3, 0.4) is 0 Å². The third-order valence-corrected chi connectivity index (χ3v) is 4.24. The van der Waals surface area contributed by atoms with E-state index in [1.807, 2.05) is 78.9 Å². The van der Waals surface area contributed by atoms with Crippen molar-refractivity contribution in [3.63, 3.8) is 0 Å². The second kappa shape index (κ2) is 8.79. The summed E-state index contributed by atoms with van der Waals surface area (Å²) in [4.78, 5) is 12.1. The number of nitrogens with one attached hydrogen (secondary N) is 1. The van der Waals surface area contributed by atoms with E-state index in [1.54, 1.807) is 10.9 Å². The monoisotopic (exact) mass is 385 g/mol. The average Bonchev–Trinajstić information content (AvgIpc) is 3.17. The number of amides is 1. The molecule has 0 bridgehead atoms. The van der Waals surface area contributed by atoms with Gasteiger partial charge in [-0.15, -0.1) is 5.10 Å². The molecule has 0 aliphatic carbocycles. The van der Waals surface area contributed by atoms with Gasteiger partial charge in [-0.1, -0.05) is 47.7 Å². The minimum Gasteiger partial charge on any atom is -0.489 e. The highest BCUT2D eigenvalue weighted by Crippen LogP contribution is 2.13. The van der Waals surface area contributed by atoms with Gasteiger partial charge in [0.2, 0.25) is 0 Å². The molecule has 0 aliphatic rings. The van der Waals surface area contributed by atoms with Crippen molar-refractivity contribution in [2.75, 3.05) is 0 Å². The first-order chi connectivity index (χ1) is 14.3. The molecule has 1 N–H and O–H groups in total. The number of para-hydroxylation sites is 1. The molecule has 144 valence electrons. The summed E-state index contributed by atoms with van der Waals surface area (Å²) in [6, 6.07) is 25.0. The molecule has 3 aromatic carbocycles. The van der Waals surface area contributed by atoms with Crippen molar-refractivity contribution in [1.29, 1.82) is 0 Å². The van der Waals surface area contributed by atoms with Crippen molar-refractivity contribution in [3.8, 4) is 5.75 Å². The second-order valence-corrected chi connectivity index (χ2v) is 6.37. The number of nitrogens with zero attached hydrogens (tertiary/aromatic N) is 4. The predicted molar refractivity (Wildman–Crippen MR) is 110 cm³/mol. The van der Waals surface area contributed by atoms with Gasteiger partial charge in [0, 0.05) is 0 Å². The molecule has 29 heavy (non-hydrogen) atoms. The van der Waals surface area contributed by atoms with E-state index in [2.05, 4.69) is 20.8 Å². The number of hydrazone groups is 1. The van der Waals surface area contributed by atoms with Gasteiger partial charge < -0.3 is 4.74 Å². The molecule has 1 amide bonds. The number of ether oxygens (including phenoxy) is 1. The van der Waals surface area contributed by atoms with Gasteiger partial charge in [0.15, 0.2) is 0 Å². The van der Waals surface area contributed by atoms with Crippen LogP contribution in [-0.2, 0) is 17.9 Å². The number of rotatable bonds is 7. The highest BCUT2D eigenvalue weighted by molar-refractivity contribution is 5.83.